The van der Waals surface area contributed by atoms with Crippen LogP contribution in [0.3, 0.4) is 0 Å². The fraction of sp³-hybridized carbons (Fsp3) is 0.174. The Morgan fingerprint density at radius 1 is 0.867 bits per heavy atom. The number of hydrogen-bond acceptors (Lipinski definition) is 4. The molecule has 0 spiro atoms. The summed E-state index contributed by atoms with van der Waals surface area (Å²) in [6, 6.07) is 23.3. The molecule has 3 rings (SSSR count). The van der Waals surface area contributed by atoms with E-state index in [-0.39, 0.29) is 10.8 Å². The van der Waals surface area contributed by atoms with E-state index in [0.29, 0.717) is 18.7 Å². The van der Waals surface area contributed by atoms with Gasteiger partial charge < -0.3 is 10.1 Å². The van der Waals surface area contributed by atoms with E-state index in [9.17, 15) is 13.2 Å². The van der Waals surface area contributed by atoms with Crippen molar-refractivity contribution >= 4 is 15.9 Å². The number of carbonyl (C=O) groups excluding carboxylic acids is 1. The lowest BCUT2D eigenvalue weighted by Crippen LogP contribution is -2.24. The summed E-state index contributed by atoms with van der Waals surface area (Å²) in [4.78, 5) is 12.5. The summed E-state index contributed by atoms with van der Waals surface area (Å²) in [7, 11) is -0.579. The molecule has 0 saturated carbocycles. The van der Waals surface area contributed by atoms with Crippen LogP contribution in [-0.2, 0) is 23.2 Å². The molecule has 0 radical (unpaired) electrons. The minimum atomic E-state index is -3.51. The summed E-state index contributed by atoms with van der Waals surface area (Å²) >= 11 is 0. The number of nitrogens with one attached hydrogen (secondary N) is 1. The first-order valence-corrected chi connectivity index (χ1v) is 10.9. The van der Waals surface area contributed by atoms with Gasteiger partial charge in [0.05, 0.1) is 4.90 Å². The van der Waals surface area contributed by atoms with Gasteiger partial charge >= 0.3 is 0 Å². The van der Waals surface area contributed by atoms with Gasteiger partial charge in [-0.15, -0.1) is 0 Å². The maximum atomic E-state index is 12.3. The molecule has 0 fully saturated rings. The van der Waals surface area contributed by atoms with Crippen LogP contribution in [0.15, 0.2) is 83.8 Å². The molecule has 1 amide bonds. The van der Waals surface area contributed by atoms with E-state index in [1.807, 2.05) is 54.6 Å². The fourth-order valence-corrected chi connectivity index (χ4v) is 3.62. The normalized spacial score (nSPS) is 11.3. The molecular formula is C23H24N2O4S. The Balaban J connectivity index is 1.53. The molecule has 0 heterocycles. The van der Waals surface area contributed by atoms with Crippen LogP contribution in [-0.4, -0.2) is 32.7 Å². The molecule has 1 N–H and O–H groups in total. The van der Waals surface area contributed by atoms with Gasteiger partial charge in [0.1, 0.15) is 12.4 Å². The molecular weight excluding hydrogens is 400 g/mol. The summed E-state index contributed by atoms with van der Waals surface area (Å²) in [6.07, 6.45) is 0. The van der Waals surface area contributed by atoms with Crippen molar-refractivity contribution in [2.75, 3.05) is 14.1 Å². The van der Waals surface area contributed by atoms with Crippen LogP contribution in [0, 0.1) is 0 Å². The molecule has 0 aliphatic carbocycles. The number of nitrogens with zero attached hydrogens (tertiary/aromatic N) is 1. The number of carbonyl (C=O) groups is 1. The summed E-state index contributed by atoms with van der Waals surface area (Å²) in [6.45, 7) is 0.853. The fourth-order valence-electron chi connectivity index (χ4n) is 2.72. The second-order valence-corrected chi connectivity index (χ2v) is 9.06. The van der Waals surface area contributed by atoms with Gasteiger partial charge in [-0.05, 0) is 47.5 Å². The van der Waals surface area contributed by atoms with Gasteiger partial charge in [-0.1, -0.05) is 42.5 Å². The third-order valence-corrected chi connectivity index (χ3v) is 6.35. The average molecular weight is 425 g/mol. The Labute approximate surface area is 177 Å². The van der Waals surface area contributed by atoms with Crippen molar-refractivity contribution in [1.29, 1.82) is 0 Å². The predicted octanol–water partition coefficient (Wildman–Crippen LogP) is 3.45. The lowest BCUT2D eigenvalue weighted by molar-refractivity contribution is 0.0951. The second kappa shape index (κ2) is 9.56. The second-order valence-electron chi connectivity index (χ2n) is 6.91. The maximum Gasteiger partial charge on any atom is 0.251 e. The molecule has 156 valence electrons. The first-order chi connectivity index (χ1) is 14.4. The number of benzene rings is 3. The molecule has 0 unspecified atom stereocenters. The molecule has 0 aliphatic rings. The zero-order valence-electron chi connectivity index (χ0n) is 16.9. The van der Waals surface area contributed by atoms with Crippen LogP contribution in [0.4, 0.5) is 0 Å². The SMILES string of the molecule is CN(C)S(=O)(=O)c1ccc(C(=O)NCc2ccc(OCc3ccccc3)cc2)cc1. The third-order valence-electron chi connectivity index (χ3n) is 4.52. The highest BCUT2D eigenvalue weighted by atomic mass is 32.2. The molecule has 0 aromatic heterocycles. The Bertz CT molecular complexity index is 1080. The zero-order chi connectivity index (χ0) is 21.6. The standard InChI is InChI=1S/C23H24N2O4S/c1-25(2)30(27,28)22-14-10-20(11-15-22)23(26)24-16-18-8-12-21(13-9-18)29-17-19-6-4-3-5-7-19/h3-15H,16-17H2,1-2H3,(H,24,26). The van der Waals surface area contributed by atoms with Crippen molar-refractivity contribution in [3.63, 3.8) is 0 Å². The number of rotatable bonds is 8. The van der Waals surface area contributed by atoms with Gasteiger partial charge in [0.25, 0.3) is 5.91 Å². The van der Waals surface area contributed by atoms with Gasteiger partial charge in [0, 0.05) is 26.2 Å². The van der Waals surface area contributed by atoms with E-state index in [0.717, 1.165) is 21.2 Å². The van der Waals surface area contributed by atoms with E-state index < -0.39 is 10.0 Å². The summed E-state index contributed by atoms with van der Waals surface area (Å²) in [5.74, 6) is 0.486. The molecule has 30 heavy (non-hydrogen) atoms. The Morgan fingerprint density at radius 3 is 2.10 bits per heavy atom. The van der Waals surface area contributed by atoms with E-state index in [2.05, 4.69) is 5.32 Å². The van der Waals surface area contributed by atoms with Gasteiger partial charge in [0.2, 0.25) is 10.0 Å². The minimum absolute atomic E-state index is 0.148. The molecule has 0 saturated heterocycles. The van der Waals surface area contributed by atoms with Gasteiger partial charge in [-0.3, -0.25) is 4.79 Å². The van der Waals surface area contributed by atoms with Crippen LogP contribution < -0.4 is 10.1 Å². The van der Waals surface area contributed by atoms with Crippen LogP contribution in [0.5, 0.6) is 5.75 Å². The van der Waals surface area contributed by atoms with E-state index in [4.69, 9.17) is 4.74 Å². The third kappa shape index (κ3) is 5.46. The number of sulfonamides is 1. The number of hydrogen-bond donors (Lipinski definition) is 1. The molecule has 0 atom stereocenters. The van der Waals surface area contributed by atoms with Crippen molar-refractivity contribution in [3.05, 3.63) is 95.6 Å². The number of amides is 1. The van der Waals surface area contributed by atoms with Crippen LogP contribution in [0.25, 0.3) is 0 Å². The highest BCUT2D eigenvalue weighted by Gasteiger charge is 2.17. The smallest absolute Gasteiger partial charge is 0.251 e. The summed E-state index contributed by atoms with van der Waals surface area (Å²) in [5.41, 5.74) is 2.43. The van der Waals surface area contributed by atoms with Crippen molar-refractivity contribution in [2.24, 2.45) is 0 Å². The maximum absolute atomic E-state index is 12.3. The lowest BCUT2D eigenvalue weighted by Gasteiger charge is -2.12. The number of ether oxygens (including phenoxy) is 1. The molecule has 6 nitrogen and oxygen atoms in total. The van der Waals surface area contributed by atoms with Crippen molar-refractivity contribution < 1.29 is 17.9 Å². The van der Waals surface area contributed by atoms with Gasteiger partial charge in [-0.25, -0.2) is 12.7 Å². The quantitative estimate of drug-likeness (QED) is 0.601. The molecule has 7 heteroatoms. The van der Waals surface area contributed by atoms with Crippen LogP contribution in [0.2, 0.25) is 0 Å². The average Bonchev–Trinajstić information content (AvgIpc) is 2.77. The van der Waals surface area contributed by atoms with Crippen LogP contribution in [0.1, 0.15) is 21.5 Å². The highest BCUT2D eigenvalue weighted by molar-refractivity contribution is 7.89. The molecule has 3 aromatic rings. The zero-order valence-corrected chi connectivity index (χ0v) is 17.7. The van der Waals surface area contributed by atoms with Gasteiger partial charge in [-0.2, -0.15) is 0 Å². The van der Waals surface area contributed by atoms with Crippen molar-refractivity contribution in [1.82, 2.24) is 9.62 Å². The largest absolute Gasteiger partial charge is 0.489 e. The van der Waals surface area contributed by atoms with E-state index in [1.54, 1.807) is 0 Å². The molecule has 0 bridgehead atoms. The van der Waals surface area contributed by atoms with Crippen molar-refractivity contribution in [3.8, 4) is 5.75 Å². The Morgan fingerprint density at radius 2 is 1.50 bits per heavy atom. The monoisotopic (exact) mass is 424 g/mol. The Kier molecular flexibility index (Phi) is 6.87. The van der Waals surface area contributed by atoms with E-state index in [1.165, 1.54) is 38.4 Å². The topological polar surface area (TPSA) is 75.7 Å². The van der Waals surface area contributed by atoms with Crippen LogP contribution >= 0.6 is 0 Å². The van der Waals surface area contributed by atoms with Crippen molar-refractivity contribution in [2.45, 2.75) is 18.0 Å². The predicted molar refractivity (Wildman–Crippen MR) is 116 cm³/mol. The Hall–Kier alpha value is -3.16. The first-order valence-electron chi connectivity index (χ1n) is 9.43. The molecule has 3 aromatic carbocycles. The highest BCUT2D eigenvalue weighted by Crippen LogP contribution is 2.16. The van der Waals surface area contributed by atoms with Gasteiger partial charge in [0.15, 0.2) is 0 Å². The summed E-state index contributed by atoms with van der Waals surface area (Å²) in [5, 5.41) is 2.83. The summed E-state index contributed by atoms with van der Waals surface area (Å²) < 4.78 is 31.1. The lowest BCUT2D eigenvalue weighted by atomic mass is 10.2. The van der Waals surface area contributed by atoms with E-state index >= 15 is 0 Å². The first kappa shape index (κ1) is 21.5. The minimum Gasteiger partial charge on any atom is -0.489 e. The molecule has 0 aliphatic heterocycles.